The zero-order valence-electron chi connectivity index (χ0n) is 11.7. The molecule has 0 heterocycles. The van der Waals surface area contributed by atoms with E-state index in [0.29, 0.717) is 13.0 Å². The highest BCUT2D eigenvalue weighted by atomic mass is 16.6. The molecule has 0 N–H and O–H groups in total. The van der Waals surface area contributed by atoms with Crippen LogP contribution in [0.2, 0.25) is 0 Å². The molecule has 7 nitrogen and oxygen atoms in total. The number of nitro groups is 1. The van der Waals surface area contributed by atoms with Gasteiger partial charge in [-0.25, -0.2) is 0 Å². The molecule has 0 spiro atoms. The van der Waals surface area contributed by atoms with Gasteiger partial charge in [-0.15, -0.1) is 0 Å². The molecule has 0 bridgehead atoms. The number of nitrogens with zero attached hydrogens (tertiary/aromatic N) is 1. The van der Waals surface area contributed by atoms with Crippen LogP contribution in [0, 0.1) is 10.1 Å². The van der Waals surface area contributed by atoms with E-state index in [1.807, 2.05) is 6.92 Å². The molecule has 0 atom stereocenters. The van der Waals surface area contributed by atoms with Gasteiger partial charge in [0.25, 0.3) is 5.69 Å². The molecule has 1 rings (SSSR count). The van der Waals surface area contributed by atoms with Gasteiger partial charge < -0.3 is 9.47 Å². The molecule has 0 saturated carbocycles. The van der Waals surface area contributed by atoms with Gasteiger partial charge in [-0.05, 0) is 18.9 Å². The van der Waals surface area contributed by atoms with Crippen molar-refractivity contribution < 1.29 is 24.0 Å². The predicted octanol–water partition coefficient (Wildman–Crippen LogP) is 2.62. The van der Waals surface area contributed by atoms with Crippen LogP contribution in [-0.2, 0) is 14.3 Å². The summed E-state index contributed by atoms with van der Waals surface area (Å²) in [7, 11) is 0. The third kappa shape index (κ3) is 6.51. The minimum absolute atomic E-state index is 0.0456. The quantitative estimate of drug-likeness (QED) is 0.316. The van der Waals surface area contributed by atoms with Crippen molar-refractivity contribution in [2.24, 2.45) is 0 Å². The van der Waals surface area contributed by atoms with E-state index in [0.717, 1.165) is 6.42 Å². The highest BCUT2D eigenvalue weighted by molar-refractivity contribution is 5.74. The second kappa shape index (κ2) is 8.68. The molecule has 0 aliphatic rings. The number of rotatable bonds is 8. The first kappa shape index (κ1) is 16.6. The summed E-state index contributed by atoms with van der Waals surface area (Å²) >= 11 is 0. The van der Waals surface area contributed by atoms with Gasteiger partial charge in [0.15, 0.2) is 0 Å². The Morgan fingerprint density at radius 1 is 1.24 bits per heavy atom. The second-order valence-electron chi connectivity index (χ2n) is 4.30. The molecule has 1 aromatic carbocycles. The van der Waals surface area contributed by atoms with Crippen LogP contribution in [0.1, 0.15) is 32.6 Å². The normalized spacial score (nSPS) is 9.95. The number of hydrogen-bond donors (Lipinski definition) is 0. The van der Waals surface area contributed by atoms with Crippen LogP contribution >= 0.6 is 0 Å². The fourth-order valence-corrected chi connectivity index (χ4v) is 1.51. The van der Waals surface area contributed by atoms with Gasteiger partial charge in [-0.3, -0.25) is 19.7 Å². The highest BCUT2D eigenvalue weighted by Crippen LogP contribution is 2.19. The van der Waals surface area contributed by atoms with Gasteiger partial charge >= 0.3 is 11.9 Å². The molecule has 0 unspecified atom stereocenters. The second-order valence-corrected chi connectivity index (χ2v) is 4.30. The van der Waals surface area contributed by atoms with E-state index < -0.39 is 10.9 Å². The first-order valence-corrected chi connectivity index (χ1v) is 6.63. The number of carbonyl (C=O) groups is 2. The Balaban J connectivity index is 2.35. The van der Waals surface area contributed by atoms with Crippen LogP contribution in [0.3, 0.4) is 0 Å². The SMILES string of the molecule is CCCOC(=O)CCCC(=O)Oc1cccc([N+](=O)[O-])c1. The lowest BCUT2D eigenvalue weighted by Gasteiger charge is -2.04. The van der Waals surface area contributed by atoms with E-state index in [2.05, 4.69) is 0 Å². The average molecular weight is 295 g/mol. The van der Waals surface area contributed by atoms with Crippen LogP contribution in [-0.4, -0.2) is 23.5 Å². The van der Waals surface area contributed by atoms with Crippen molar-refractivity contribution in [3.05, 3.63) is 34.4 Å². The van der Waals surface area contributed by atoms with Crippen LogP contribution < -0.4 is 4.74 Å². The molecule has 7 heteroatoms. The topological polar surface area (TPSA) is 95.7 Å². The van der Waals surface area contributed by atoms with Crippen molar-refractivity contribution in [2.75, 3.05) is 6.61 Å². The van der Waals surface area contributed by atoms with Gasteiger partial charge in [0.2, 0.25) is 0 Å². The fraction of sp³-hybridized carbons (Fsp3) is 0.429. The van der Waals surface area contributed by atoms with Gasteiger partial charge in [-0.1, -0.05) is 13.0 Å². The Bertz CT molecular complexity index is 514. The monoisotopic (exact) mass is 295 g/mol. The Kier molecular flexibility index (Phi) is 6.86. The molecule has 0 fully saturated rings. The largest absolute Gasteiger partial charge is 0.466 e. The average Bonchev–Trinajstić information content (AvgIpc) is 2.45. The van der Waals surface area contributed by atoms with E-state index in [4.69, 9.17) is 9.47 Å². The van der Waals surface area contributed by atoms with Gasteiger partial charge in [0.05, 0.1) is 17.6 Å². The molecule has 0 aromatic heterocycles. The Morgan fingerprint density at radius 3 is 2.62 bits per heavy atom. The number of ether oxygens (including phenoxy) is 2. The number of non-ortho nitro benzene ring substituents is 1. The summed E-state index contributed by atoms with van der Waals surface area (Å²) in [4.78, 5) is 32.8. The molecule has 0 saturated heterocycles. The zero-order chi connectivity index (χ0) is 15.7. The van der Waals surface area contributed by atoms with Crippen molar-refractivity contribution in [1.82, 2.24) is 0 Å². The summed E-state index contributed by atoms with van der Waals surface area (Å²) in [5.74, 6) is -0.776. The molecule has 0 radical (unpaired) electrons. The molecule has 114 valence electrons. The van der Waals surface area contributed by atoms with Crippen molar-refractivity contribution in [1.29, 1.82) is 0 Å². The van der Waals surface area contributed by atoms with Gasteiger partial charge in [-0.2, -0.15) is 0 Å². The summed E-state index contributed by atoms with van der Waals surface area (Å²) < 4.78 is 9.84. The number of benzene rings is 1. The smallest absolute Gasteiger partial charge is 0.311 e. The maximum absolute atomic E-state index is 11.5. The van der Waals surface area contributed by atoms with Crippen molar-refractivity contribution >= 4 is 17.6 Å². The first-order valence-electron chi connectivity index (χ1n) is 6.63. The maximum Gasteiger partial charge on any atom is 0.311 e. The summed E-state index contributed by atoms with van der Waals surface area (Å²) in [5.41, 5.74) is -0.150. The molecule has 0 aliphatic heterocycles. The third-order valence-corrected chi connectivity index (χ3v) is 2.49. The predicted molar refractivity (Wildman–Crippen MR) is 73.8 cm³/mol. The van der Waals surface area contributed by atoms with Crippen molar-refractivity contribution in [2.45, 2.75) is 32.6 Å². The molecular weight excluding hydrogens is 278 g/mol. The number of nitro benzene ring substituents is 1. The van der Waals surface area contributed by atoms with E-state index in [1.165, 1.54) is 24.3 Å². The lowest BCUT2D eigenvalue weighted by Crippen LogP contribution is -2.10. The summed E-state index contributed by atoms with van der Waals surface area (Å²) in [5, 5.41) is 10.6. The van der Waals surface area contributed by atoms with Gasteiger partial charge in [0.1, 0.15) is 5.75 Å². The first-order chi connectivity index (χ1) is 10.0. The maximum atomic E-state index is 11.5. The Hall–Kier alpha value is -2.44. The minimum Gasteiger partial charge on any atom is -0.466 e. The van der Waals surface area contributed by atoms with E-state index in [-0.39, 0.29) is 30.2 Å². The molecule has 21 heavy (non-hydrogen) atoms. The zero-order valence-corrected chi connectivity index (χ0v) is 11.7. The van der Waals surface area contributed by atoms with E-state index in [1.54, 1.807) is 0 Å². The Morgan fingerprint density at radius 2 is 1.95 bits per heavy atom. The van der Waals surface area contributed by atoms with Crippen LogP contribution in [0.4, 0.5) is 5.69 Å². The van der Waals surface area contributed by atoms with Crippen LogP contribution in [0.15, 0.2) is 24.3 Å². The lowest BCUT2D eigenvalue weighted by molar-refractivity contribution is -0.384. The number of esters is 2. The Labute approximate surface area is 122 Å². The third-order valence-electron chi connectivity index (χ3n) is 2.49. The van der Waals surface area contributed by atoms with Crippen molar-refractivity contribution in [3.63, 3.8) is 0 Å². The summed E-state index contributed by atoms with van der Waals surface area (Å²) in [6.45, 7) is 2.26. The van der Waals surface area contributed by atoms with Crippen molar-refractivity contribution in [3.8, 4) is 5.75 Å². The molecular formula is C14H17NO6. The lowest BCUT2D eigenvalue weighted by atomic mass is 10.2. The van der Waals surface area contributed by atoms with Crippen LogP contribution in [0.25, 0.3) is 0 Å². The molecule has 0 aliphatic carbocycles. The minimum atomic E-state index is -0.568. The molecule has 0 amide bonds. The summed E-state index contributed by atoms with van der Waals surface area (Å²) in [6.07, 6.45) is 1.25. The molecule has 1 aromatic rings. The van der Waals surface area contributed by atoms with E-state index in [9.17, 15) is 19.7 Å². The summed E-state index contributed by atoms with van der Waals surface area (Å²) in [6, 6.07) is 5.37. The number of carbonyl (C=O) groups excluding carboxylic acids is 2. The van der Waals surface area contributed by atoms with Crippen LogP contribution in [0.5, 0.6) is 5.75 Å². The van der Waals surface area contributed by atoms with Gasteiger partial charge in [0, 0.05) is 18.9 Å². The standard InChI is InChI=1S/C14H17NO6/c1-2-9-20-13(16)7-4-8-14(17)21-12-6-3-5-11(10-12)15(18)19/h3,5-6,10H,2,4,7-9H2,1H3. The number of hydrogen-bond acceptors (Lipinski definition) is 6. The van der Waals surface area contributed by atoms with E-state index >= 15 is 0 Å². The fourth-order valence-electron chi connectivity index (χ4n) is 1.51. The highest BCUT2D eigenvalue weighted by Gasteiger charge is 2.11.